The molecular formula is C17H35IN4O2. The topological polar surface area (TPSA) is 58.1 Å². The number of halogens is 1. The summed E-state index contributed by atoms with van der Waals surface area (Å²) in [5.74, 6) is 1.66. The third-order valence-corrected chi connectivity index (χ3v) is 4.42. The average molecular weight is 454 g/mol. The van der Waals surface area contributed by atoms with Crippen LogP contribution in [-0.2, 0) is 9.47 Å². The van der Waals surface area contributed by atoms with E-state index in [9.17, 15) is 0 Å². The van der Waals surface area contributed by atoms with E-state index in [1.165, 1.54) is 32.4 Å². The van der Waals surface area contributed by atoms with Crippen LogP contribution in [0.25, 0.3) is 0 Å². The first kappa shape index (κ1) is 21.9. The Labute approximate surface area is 164 Å². The molecule has 2 aliphatic rings. The lowest BCUT2D eigenvalue weighted by molar-refractivity contribution is 0.0698. The molecule has 0 aromatic heterocycles. The van der Waals surface area contributed by atoms with Crippen LogP contribution in [0.5, 0.6) is 0 Å². The molecule has 142 valence electrons. The number of ether oxygens (including phenoxy) is 2. The van der Waals surface area contributed by atoms with Gasteiger partial charge in [-0.05, 0) is 45.1 Å². The highest BCUT2D eigenvalue weighted by Crippen LogP contribution is 2.31. The molecule has 2 N–H and O–H groups in total. The average Bonchev–Trinajstić information content (AvgIpc) is 3.30. The van der Waals surface area contributed by atoms with E-state index < -0.39 is 0 Å². The highest BCUT2D eigenvalue weighted by atomic mass is 127. The molecule has 1 heterocycles. The molecule has 1 saturated heterocycles. The van der Waals surface area contributed by atoms with Crippen LogP contribution in [-0.4, -0.2) is 76.6 Å². The van der Waals surface area contributed by atoms with E-state index in [1.54, 1.807) is 7.11 Å². The number of methoxy groups -OCH3 is 1. The molecule has 1 atom stereocenters. The van der Waals surface area contributed by atoms with Gasteiger partial charge in [-0.15, -0.1) is 24.0 Å². The summed E-state index contributed by atoms with van der Waals surface area (Å²) in [4.78, 5) is 7.41. The monoisotopic (exact) mass is 454 g/mol. The van der Waals surface area contributed by atoms with Crippen molar-refractivity contribution in [2.45, 2.75) is 38.6 Å². The number of nitrogens with zero attached hydrogens (tertiary/aromatic N) is 2. The van der Waals surface area contributed by atoms with Crippen LogP contribution in [0.4, 0.5) is 0 Å². The van der Waals surface area contributed by atoms with Gasteiger partial charge >= 0.3 is 0 Å². The fourth-order valence-corrected chi connectivity index (χ4v) is 2.97. The van der Waals surface area contributed by atoms with E-state index in [0.717, 1.165) is 50.6 Å². The van der Waals surface area contributed by atoms with Crippen molar-refractivity contribution in [3.8, 4) is 0 Å². The van der Waals surface area contributed by atoms with Crippen LogP contribution in [0.15, 0.2) is 4.99 Å². The number of likely N-dealkylation sites (tertiary alicyclic amines) is 1. The predicted molar refractivity (Wildman–Crippen MR) is 109 cm³/mol. The Bertz CT molecular complexity index is 353. The van der Waals surface area contributed by atoms with E-state index in [4.69, 9.17) is 14.5 Å². The van der Waals surface area contributed by atoms with E-state index in [0.29, 0.717) is 13.2 Å². The highest BCUT2D eigenvalue weighted by molar-refractivity contribution is 14.0. The standard InChI is InChI=1S/C17H34N4O2.HI/c1-3-18-17(19-8-4-10-23-12-11-22-2)20-13-15-7-9-21(14-15)16-5-6-16;/h15-16H,3-14H2,1-2H3,(H2,18,19,20);1H. The van der Waals surface area contributed by atoms with Gasteiger partial charge in [-0.2, -0.15) is 0 Å². The number of rotatable bonds is 11. The molecule has 2 fully saturated rings. The van der Waals surface area contributed by atoms with Gasteiger partial charge < -0.3 is 25.0 Å². The number of hydrogen-bond acceptors (Lipinski definition) is 4. The van der Waals surface area contributed by atoms with Crippen molar-refractivity contribution in [3.05, 3.63) is 0 Å². The third-order valence-electron chi connectivity index (χ3n) is 4.42. The lowest BCUT2D eigenvalue weighted by Crippen LogP contribution is -2.38. The molecule has 24 heavy (non-hydrogen) atoms. The van der Waals surface area contributed by atoms with E-state index in [2.05, 4.69) is 22.5 Å². The second-order valence-electron chi connectivity index (χ2n) is 6.49. The second-order valence-corrected chi connectivity index (χ2v) is 6.49. The zero-order chi connectivity index (χ0) is 16.3. The van der Waals surface area contributed by atoms with E-state index in [-0.39, 0.29) is 24.0 Å². The molecule has 1 saturated carbocycles. The first-order valence-corrected chi connectivity index (χ1v) is 9.16. The molecule has 1 aliphatic carbocycles. The molecule has 0 spiro atoms. The third kappa shape index (κ3) is 8.82. The minimum absolute atomic E-state index is 0. The number of hydrogen-bond donors (Lipinski definition) is 2. The maximum absolute atomic E-state index is 5.47. The van der Waals surface area contributed by atoms with Crippen LogP contribution in [0.1, 0.15) is 32.6 Å². The Balaban J connectivity index is 0.00000288. The molecule has 0 radical (unpaired) electrons. The maximum atomic E-state index is 5.47. The van der Waals surface area contributed by atoms with Gasteiger partial charge in [0.25, 0.3) is 0 Å². The van der Waals surface area contributed by atoms with Crippen LogP contribution in [0.2, 0.25) is 0 Å². The molecule has 0 amide bonds. The van der Waals surface area contributed by atoms with Crippen LogP contribution >= 0.6 is 24.0 Å². The highest BCUT2D eigenvalue weighted by Gasteiger charge is 2.34. The quantitative estimate of drug-likeness (QED) is 0.216. The summed E-state index contributed by atoms with van der Waals surface area (Å²) in [7, 11) is 1.69. The normalized spacial score (nSPS) is 21.6. The molecule has 0 bridgehead atoms. The fourth-order valence-electron chi connectivity index (χ4n) is 2.97. The molecule has 1 unspecified atom stereocenters. The summed E-state index contributed by atoms with van der Waals surface area (Å²) in [6, 6.07) is 0.897. The number of nitrogens with one attached hydrogen (secondary N) is 2. The van der Waals surface area contributed by atoms with Gasteiger partial charge in [-0.25, -0.2) is 0 Å². The summed E-state index contributed by atoms with van der Waals surface area (Å²) in [6.45, 7) is 9.43. The van der Waals surface area contributed by atoms with Crippen molar-refractivity contribution in [2.24, 2.45) is 10.9 Å². The number of aliphatic imine (C=N–C) groups is 1. The molecule has 7 heteroatoms. The minimum atomic E-state index is 0. The van der Waals surface area contributed by atoms with Crippen molar-refractivity contribution in [1.82, 2.24) is 15.5 Å². The van der Waals surface area contributed by atoms with Crippen LogP contribution in [0, 0.1) is 5.92 Å². The van der Waals surface area contributed by atoms with Gasteiger partial charge in [0.15, 0.2) is 5.96 Å². The molecular weight excluding hydrogens is 419 g/mol. The minimum Gasteiger partial charge on any atom is -0.382 e. The van der Waals surface area contributed by atoms with E-state index >= 15 is 0 Å². The molecule has 6 nitrogen and oxygen atoms in total. The Kier molecular flexibility index (Phi) is 12.0. The zero-order valence-corrected chi connectivity index (χ0v) is 17.6. The first-order chi connectivity index (χ1) is 11.3. The molecule has 0 aromatic carbocycles. The summed E-state index contributed by atoms with van der Waals surface area (Å²) in [5, 5.41) is 6.72. The Morgan fingerprint density at radius 2 is 2.00 bits per heavy atom. The van der Waals surface area contributed by atoms with Crippen LogP contribution < -0.4 is 10.6 Å². The van der Waals surface area contributed by atoms with Gasteiger partial charge in [0, 0.05) is 45.9 Å². The van der Waals surface area contributed by atoms with Gasteiger partial charge in [0.1, 0.15) is 0 Å². The SMILES string of the molecule is CCNC(=NCC1CCN(C2CC2)C1)NCCCOCCOC.I. The fraction of sp³-hybridized carbons (Fsp3) is 0.941. The van der Waals surface area contributed by atoms with Crippen molar-refractivity contribution in [2.75, 3.05) is 59.7 Å². The van der Waals surface area contributed by atoms with Crippen LogP contribution in [0.3, 0.4) is 0 Å². The second kappa shape index (κ2) is 13.1. The molecule has 2 rings (SSSR count). The zero-order valence-electron chi connectivity index (χ0n) is 15.3. The maximum Gasteiger partial charge on any atom is 0.191 e. The predicted octanol–water partition coefficient (Wildman–Crippen LogP) is 1.70. The summed E-state index contributed by atoms with van der Waals surface area (Å²) in [6.07, 6.45) is 5.10. The van der Waals surface area contributed by atoms with Gasteiger partial charge in [0.2, 0.25) is 0 Å². The summed E-state index contributed by atoms with van der Waals surface area (Å²) >= 11 is 0. The first-order valence-electron chi connectivity index (χ1n) is 9.16. The van der Waals surface area contributed by atoms with Crippen molar-refractivity contribution in [3.63, 3.8) is 0 Å². The van der Waals surface area contributed by atoms with Gasteiger partial charge in [-0.1, -0.05) is 0 Å². The summed E-state index contributed by atoms with van der Waals surface area (Å²) in [5.41, 5.74) is 0. The van der Waals surface area contributed by atoms with Crippen molar-refractivity contribution >= 4 is 29.9 Å². The lowest BCUT2D eigenvalue weighted by atomic mass is 10.1. The lowest BCUT2D eigenvalue weighted by Gasteiger charge is -2.15. The Hall–Kier alpha value is -0.120. The van der Waals surface area contributed by atoms with Gasteiger partial charge in [0.05, 0.1) is 13.2 Å². The van der Waals surface area contributed by atoms with Crippen molar-refractivity contribution in [1.29, 1.82) is 0 Å². The number of guanidine groups is 1. The smallest absolute Gasteiger partial charge is 0.191 e. The van der Waals surface area contributed by atoms with Gasteiger partial charge in [-0.3, -0.25) is 4.99 Å². The Morgan fingerprint density at radius 1 is 1.17 bits per heavy atom. The summed E-state index contributed by atoms with van der Waals surface area (Å²) < 4.78 is 10.4. The Morgan fingerprint density at radius 3 is 2.71 bits per heavy atom. The molecule has 1 aliphatic heterocycles. The molecule has 0 aromatic rings. The van der Waals surface area contributed by atoms with Crippen molar-refractivity contribution < 1.29 is 9.47 Å². The van der Waals surface area contributed by atoms with E-state index in [1.807, 2.05) is 0 Å². The largest absolute Gasteiger partial charge is 0.382 e.